The van der Waals surface area contributed by atoms with Crippen molar-refractivity contribution in [3.05, 3.63) is 124 Å². The maximum absolute atomic E-state index is 12.0. The number of amides is 1. The highest BCUT2D eigenvalue weighted by Crippen LogP contribution is 2.27. The topological polar surface area (TPSA) is 159 Å². The number of phenols is 1. The molecule has 0 spiro atoms. The van der Waals surface area contributed by atoms with Gasteiger partial charge in [0.05, 0.1) is 30.0 Å². The molecule has 5 rings (SSSR count). The molecule has 1 amide bonds. The highest BCUT2D eigenvalue weighted by atomic mass is 16.4. The molecule has 0 radical (unpaired) electrons. The fourth-order valence-corrected chi connectivity index (χ4v) is 3.51. The number of phenolic OH excluding ortho intramolecular Hbond substituents is 1. The van der Waals surface area contributed by atoms with Crippen LogP contribution in [-0.2, 0) is 0 Å². The average molecular weight is 546 g/mol. The molecule has 0 saturated carbocycles. The number of aromatic hydroxyl groups is 1. The summed E-state index contributed by atoms with van der Waals surface area (Å²) < 4.78 is 5.58. The second-order valence-corrected chi connectivity index (χ2v) is 8.32. The van der Waals surface area contributed by atoms with Crippen molar-refractivity contribution in [3.8, 4) is 17.2 Å². The number of aromatic nitrogens is 1. The molecule has 200 valence electrons. The number of rotatable bonds is 5. The molecular formula is C30H18N4O7. The minimum atomic E-state index is -1.16. The second kappa shape index (κ2) is 11.9. The standard InChI is InChI=1S/C15H10N2O4.C15H8N2O3/c1-16-11-5-2-9(3-6-11)14(19)17-12-8-10(15(20)21)4-7-13(12)18;1-16-11-5-2-9(3-6-11)14-17-12-8-10(15(18)19)4-7-13(12)20-14/h2-8,18H,(H,17,19)(H,20,21);2-8H,(H,18,19). The summed E-state index contributed by atoms with van der Waals surface area (Å²) in [5, 5.41) is 29.9. The Balaban J connectivity index is 0.000000189. The van der Waals surface area contributed by atoms with Gasteiger partial charge in [0.15, 0.2) is 17.0 Å². The molecule has 0 aliphatic heterocycles. The fourth-order valence-electron chi connectivity index (χ4n) is 3.51. The smallest absolute Gasteiger partial charge is 0.335 e. The lowest BCUT2D eigenvalue weighted by Gasteiger charge is -2.08. The zero-order chi connectivity index (χ0) is 29.5. The Labute approximate surface area is 232 Å². The first-order valence-corrected chi connectivity index (χ1v) is 11.7. The number of hydrogen-bond donors (Lipinski definition) is 4. The van der Waals surface area contributed by atoms with Gasteiger partial charge in [0.1, 0.15) is 11.3 Å². The maximum Gasteiger partial charge on any atom is 0.335 e. The van der Waals surface area contributed by atoms with E-state index in [4.69, 9.17) is 27.8 Å². The van der Waals surface area contributed by atoms with Crippen LogP contribution in [0.1, 0.15) is 31.1 Å². The quantitative estimate of drug-likeness (QED) is 0.141. The normalized spacial score (nSPS) is 10.0. The molecule has 4 N–H and O–H groups in total. The number of carbonyl (C=O) groups is 3. The van der Waals surface area contributed by atoms with Crippen molar-refractivity contribution in [2.75, 3.05) is 5.32 Å². The van der Waals surface area contributed by atoms with E-state index in [1.54, 1.807) is 30.3 Å². The third kappa shape index (κ3) is 6.52. The largest absolute Gasteiger partial charge is 0.506 e. The number of carbonyl (C=O) groups excluding carboxylic acids is 1. The summed E-state index contributed by atoms with van der Waals surface area (Å²) >= 11 is 0. The van der Waals surface area contributed by atoms with Crippen molar-refractivity contribution in [1.82, 2.24) is 4.98 Å². The Bertz CT molecular complexity index is 1860. The van der Waals surface area contributed by atoms with Gasteiger partial charge in [0, 0.05) is 11.1 Å². The van der Waals surface area contributed by atoms with Crippen LogP contribution in [0.3, 0.4) is 0 Å². The Morgan fingerprint density at radius 3 is 1.85 bits per heavy atom. The molecule has 0 bridgehead atoms. The van der Waals surface area contributed by atoms with Crippen molar-refractivity contribution in [2.45, 2.75) is 0 Å². The Hall–Kier alpha value is -6.46. The first-order chi connectivity index (χ1) is 19.7. The molecule has 0 saturated heterocycles. The SMILES string of the molecule is [C-]#[N+]c1ccc(-c2nc3cc(C(=O)O)ccc3o2)cc1.[C-]#[N+]c1ccc(C(=O)Nc2cc(C(=O)O)ccc2O)cc1. The number of carboxylic acids is 2. The number of carboxylic acid groups (broad SMARTS) is 2. The first kappa shape index (κ1) is 27.6. The molecule has 11 heteroatoms. The molecular weight excluding hydrogens is 528 g/mol. The highest BCUT2D eigenvalue weighted by molar-refractivity contribution is 6.05. The third-order valence-corrected chi connectivity index (χ3v) is 5.63. The third-order valence-electron chi connectivity index (χ3n) is 5.63. The number of benzene rings is 4. The molecule has 0 fully saturated rings. The second-order valence-electron chi connectivity index (χ2n) is 8.32. The molecule has 41 heavy (non-hydrogen) atoms. The lowest BCUT2D eigenvalue weighted by Crippen LogP contribution is -2.12. The predicted octanol–water partition coefficient (Wildman–Crippen LogP) is 6.64. The van der Waals surface area contributed by atoms with Crippen LogP contribution in [0.25, 0.3) is 32.2 Å². The number of hydrogen-bond acceptors (Lipinski definition) is 6. The minimum Gasteiger partial charge on any atom is -0.506 e. The van der Waals surface area contributed by atoms with Gasteiger partial charge >= 0.3 is 11.9 Å². The van der Waals surface area contributed by atoms with Crippen LogP contribution in [0, 0.1) is 13.1 Å². The molecule has 0 unspecified atom stereocenters. The van der Waals surface area contributed by atoms with Crippen LogP contribution in [-0.4, -0.2) is 38.1 Å². The van der Waals surface area contributed by atoms with Gasteiger partial charge in [-0.05, 0) is 36.4 Å². The van der Waals surface area contributed by atoms with E-state index >= 15 is 0 Å². The van der Waals surface area contributed by atoms with Crippen LogP contribution in [0.5, 0.6) is 5.75 Å². The van der Waals surface area contributed by atoms with Gasteiger partial charge in [-0.15, -0.1) is 0 Å². The monoisotopic (exact) mass is 546 g/mol. The summed E-state index contributed by atoms with van der Waals surface area (Å²) in [5.41, 5.74) is 3.13. The maximum atomic E-state index is 12.0. The Kier molecular flexibility index (Phi) is 8.03. The summed E-state index contributed by atoms with van der Waals surface area (Å²) in [7, 11) is 0. The van der Waals surface area contributed by atoms with E-state index in [9.17, 15) is 19.5 Å². The molecule has 1 heterocycles. The van der Waals surface area contributed by atoms with Crippen molar-refractivity contribution in [1.29, 1.82) is 0 Å². The van der Waals surface area contributed by atoms with Gasteiger partial charge in [-0.2, -0.15) is 0 Å². The van der Waals surface area contributed by atoms with Gasteiger partial charge in [0.25, 0.3) is 5.91 Å². The van der Waals surface area contributed by atoms with Crippen LogP contribution in [0.4, 0.5) is 17.1 Å². The Morgan fingerprint density at radius 1 is 0.732 bits per heavy atom. The number of nitrogens with one attached hydrogen (secondary N) is 1. The van der Waals surface area contributed by atoms with E-state index in [1.807, 2.05) is 0 Å². The van der Waals surface area contributed by atoms with Gasteiger partial charge in [-0.3, -0.25) is 4.79 Å². The fraction of sp³-hybridized carbons (Fsp3) is 0. The number of aromatic carboxylic acids is 2. The molecule has 0 aliphatic rings. The van der Waals surface area contributed by atoms with Crippen LogP contribution in [0.15, 0.2) is 89.3 Å². The van der Waals surface area contributed by atoms with E-state index in [0.717, 1.165) is 5.56 Å². The van der Waals surface area contributed by atoms with Crippen molar-refractivity contribution in [2.24, 2.45) is 0 Å². The van der Waals surface area contributed by atoms with Gasteiger partial charge in [-0.1, -0.05) is 48.5 Å². The van der Waals surface area contributed by atoms with Gasteiger partial charge in [0.2, 0.25) is 5.89 Å². The highest BCUT2D eigenvalue weighted by Gasteiger charge is 2.13. The van der Waals surface area contributed by atoms with Crippen molar-refractivity contribution < 1.29 is 34.1 Å². The van der Waals surface area contributed by atoms with E-state index in [-0.39, 0.29) is 22.6 Å². The lowest BCUT2D eigenvalue weighted by atomic mass is 10.1. The van der Waals surface area contributed by atoms with Crippen LogP contribution >= 0.6 is 0 Å². The van der Waals surface area contributed by atoms with Gasteiger partial charge < -0.3 is 25.1 Å². The number of nitrogens with zero attached hydrogens (tertiary/aromatic N) is 3. The summed E-state index contributed by atoms with van der Waals surface area (Å²) in [4.78, 5) is 44.6. The summed E-state index contributed by atoms with van der Waals surface area (Å²) in [6.07, 6.45) is 0. The molecule has 0 aliphatic carbocycles. The summed E-state index contributed by atoms with van der Waals surface area (Å²) in [6, 6.07) is 20.9. The number of fused-ring (bicyclic) bond motifs is 1. The van der Waals surface area contributed by atoms with Crippen molar-refractivity contribution in [3.63, 3.8) is 0 Å². The van der Waals surface area contributed by atoms with E-state index in [2.05, 4.69) is 20.0 Å². The minimum absolute atomic E-state index is 0.00848. The van der Waals surface area contributed by atoms with Gasteiger partial charge in [-0.25, -0.2) is 24.3 Å². The summed E-state index contributed by atoms with van der Waals surface area (Å²) in [5.74, 6) is -2.50. The van der Waals surface area contributed by atoms with E-state index in [1.165, 1.54) is 54.6 Å². The van der Waals surface area contributed by atoms with Crippen LogP contribution < -0.4 is 5.32 Å². The van der Waals surface area contributed by atoms with E-state index in [0.29, 0.717) is 33.9 Å². The predicted molar refractivity (Wildman–Crippen MR) is 148 cm³/mol. The molecule has 5 aromatic rings. The van der Waals surface area contributed by atoms with E-state index < -0.39 is 17.8 Å². The van der Waals surface area contributed by atoms with Crippen molar-refractivity contribution >= 4 is 46.0 Å². The molecule has 11 nitrogen and oxygen atoms in total. The summed E-state index contributed by atoms with van der Waals surface area (Å²) in [6.45, 7) is 13.7. The van der Waals surface area contributed by atoms with Crippen LogP contribution in [0.2, 0.25) is 0 Å². The first-order valence-electron chi connectivity index (χ1n) is 11.7. The number of oxazole rings is 1. The molecule has 4 aromatic carbocycles. The number of anilines is 1. The average Bonchev–Trinajstić information content (AvgIpc) is 3.42. The zero-order valence-electron chi connectivity index (χ0n) is 20.9. The molecule has 1 aromatic heterocycles. The Morgan fingerprint density at radius 2 is 1.27 bits per heavy atom. The lowest BCUT2D eigenvalue weighted by molar-refractivity contribution is 0.0686. The zero-order valence-corrected chi connectivity index (χ0v) is 20.9. The molecule has 0 atom stereocenters.